The Morgan fingerprint density at radius 1 is 0.449 bits per heavy atom. The number of ether oxygens (including phenoxy) is 1. The number of allylic oxidation sites excluding steroid dienone is 9. The van der Waals surface area contributed by atoms with Crippen molar-refractivity contribution in [1.29, 1.82) is 0 Å². The van der Waals surface area contributed by atoms with Crippen molar-refractivity contribution in [1.82, 2.24) is 5.32 Å². The molecule has 0 aromatic rings. The molecule has 2 N–H and O–H groups in total. The van der Waals surface area contributed by atoms with Crippen molar-refractivity contribution in [2.75, 3.05) is 40.9 Å². The molecule has 0 saturated heterocycles. The van der Waals surface area contributed by atoms with Crippen molar-refractivity contribution >= 4 is 19.7 Å². The summed E-state index contributed by atoms with van der Waals surface area (Å²) in [4.78, 5) is 37.7. The maximum absolute atomic E-state index is 13.5. The van der Waals surface area contributed by atoms with E-state index in [1.807, 2.05) is 33.3 Å². The van der Waals surface area contributed by atoms with Gasteiger partial charge in [-0.2, -0.15) is 0 Å². The topological polar surface area (TPSA) is 111 Å². The highest BCUT2D eigenvalue weighted by Gasteiger charge is 2.30. The fraction of sp³-hybridized carbons (Fsp3) is 0.824. The van der Waals surface area contributed by atoms with Crippen LogP contribution in [0.3, 0.4) is 0 Å². The van der Waals surface area contributed by atoms with E-state index >= 15 is 0 Å². The molecule has 0 saturated carbocycles. The van der Waals surface area contributed by atoms with Crippen molar-refractivity contribution in [2.45, 2.75) is 322 Å². The number of amides is 1. The van der Waals surface area contributed by atoms with E-state index in [4.69, 9.17) is 13.8 Å². The second-order valence-corrected chi connectivity index (χ2v) is 25.1. The van der Waals surface area contributed by atoms with Gasteiger partial charge in [0.05, 0.1) is 33.8 Å². The van der Waals surface area contributed by atoms with Gasteiger partial charge in [0.25, 0.3) is 0 Å². The number of nitrogens with one attached hydrogen (secondary N) is 1. The summed E-state index contributed by atoms with van der Waals surface area (Å²) in [6, 6.07) is -0.856. The zero-order valence-electron chi connectivity index (χ0n) is 52.2. The number of phosphoric ester groups is 1. The molecule has 0 spiro atoms. The van der Waals surface area contributed by atoms with Gasteiger partial charge in [-0.1, -0.05) is 262 Å². The summed E-state index contributed by atoms with van der Waals surface area (Å²) >= 11 is 0. The number of phosphoric acid groups is 1. The molecule has 10 heteroatoms. The number of carbonyl (C=O) groups excluding carboxylic acids is 2. The van der Waals surface area contributed by atoms with Crippen molar-refractivity contribution in [2.24, 2.45) is 0 Å². The van der Waals surface area contributed by atoms with E-state index in [1.54, 1.807) is 0 Å². The van der Waals surface area contributed by atoms with Gasteiger partial charge in [0.2, 0.25) is 5.91 Å². The number of hydrogen-bond donors (Lipinski definition) is 2. The molecule has 0 aliphatic rings. The Hall–Kier alpha value is -2.29. The summed E-state index contributed by atoms with van der Waals surface area (Å²) in [6.07, 6.45) is 73.7. The maximum atomic E-state index is 13.5. The molecule has 0 rings (SSSR count). The monoisotopic (exact) mass is 1120 g/mol. The van der Waals surface area contributed by atoms with Gasteiger partial charge in [-0.15, -0.1) is 0 Å². The highest BCUT2D eigenvalue weighted by Crippen LogP contribution is 2.43. The first kappa shape index (κ1) is 75.7. The van der Waals surface area contributed by atoms with E-state index in [9.17, 15) is 19.0 Å². The molecule has 9 nitrogen and oxygen atoms in total. The molecule has 0 aliphatic heterocycles. The Bertz CT molecular complexity index is 1520. The molecule has 0 aromatic heterocycles. The molecule has 1 amide bonds. The SMILES string of the molecule is CCCCC/C=C\C/C=C\C/C=C\CCCCCCCCCCCCCCCCC(=O)OC(/C=C\CCCCCCCCCCCC)C(COP(=O)(O)OCC[N+](C)(C)C)NC(=O)CCCCC/C=C\CCCCCCCC. The van der Waals surface area contributed by atoms with Gasteiger partial charge in [0, 0.05) is 12.8 Å². The Labute approximate surface area is 483 Å². The van der Waals surface area contributed by atoms with Gasteiger partial charge in [-0.05, 0) is 96.0 Å². The van der Waals surface area contributed by atoms with E-state index in [-0.39, 0.29) is 31.5 Å². The van der Waals surface area contributed by atoms with Gasteiger partial charge in [-0.3, -0.25) is 18.6 Å². The van der Waals surface area contributed by atoms with Gasteiger partial charge in [0.1, 0.15) is 19.3 Å². The quantitative estimate of drug-likeness (QED) is 0.0205. The highest BCUT2D eigenvalue weighted by molar-refractivity contribution is 7.47. The first-order chi connectivity index (χ1) is 37.9. The summed E-state index contributed by atoms with van der Waals surface area (Å²) in [5, 5.41) is 3.05. The molecule has 0 heterocycles. The predicted octanol–water partition coefficient (Wildman–Crippen LogP) is 20.6. The van der Waals surface area contributed by atoms with Crippen molar-refractivity contribution < 1.29 is 37.3 Å². The van der Waals surface area contributed by atoms with Crippen LogP contribution in [-0.2, 0) is 27.9 Å². The third kappa shape index (κ3) is 58.4. The first-order valence-corrected chi connectivity index (χ1v) is 34.6. The van der Waals surface area contributed by atoms with Crippen LogP contribution >= 0.6 is 7.82 Å². The van der Waals surface area contributed by atoms with E-state index < -0.39 is 20.0 Å². The van der Waals surface area contributed by atoms with Gasteiger partial charge >= 0.3 is 13.8 Å². The Morgan fingerprint density at radius 2 is 0.782 bits per heavy atom. The molecule has 0 bridgehead atoms. The van der Waals surface area contributed by atoms with Gasteiger partial charge in [-0.25, -0.2) is 4.57 Å². The maximum Gasteiger partial charge on any atom is 0.472 e. The third-order valence-electron chi connectivity index (χ3n) is 14.7. The zero-order valence-corrected chi connectivity index (χ0v) is 53.1. The summed E-state index contributed by atoms with van der Waals surface area (Å²) in [5.74, 6) is -0.517. The van der Waals surface area contributed by atoms with Crippen LogP contribution in [0, 0.1) is 0 Å². The number of hydrogen-bond acceptors (Lipinski definition) is 6. The summed E-state index contributed by atoms with van der Waals surface area (Å²) in [7, 11) is 1.49. The van der Waals surface area contributed by atoms with Crippen LogP contribution in [0.15, 0.2) is 60.8 Å². The Morgan fingerprint density at radius 3 is 1.22 bits per heavy atom. The fourth-order valence-electron chi connectivity index (χ4n) is 9.53. The third-order valence-corrected chi connectivity index (χ3v) is 15.7. The minimum atomic E-state index is -4.45. The van der Waals surface area contributed by atoms with Crippen LogP contribution in [0.25, 0.3) is 0 Å². The van der Waals surface area contributed by atoms with Crippen LogP contribution in [0.2, 0.25) is 0 Å². The number of esters is 1. The van der Waals surface area contributed by atoms with Crippen molar-refractivity contribution in [3.05, 3.63) is 60.8 Å². The standard InChI is InChI=1S/C68H127N2O7P/c1-7-10-13-16-19-22-25-28-29-30-31-32-33-34-35-36-37-38-39-40-41-43-46-49-52-55-58-61-68(72)77-66(59-56-53-50-47-44-27-24-21-18-15-12-9-3)65(64-76-78(73,74)75-63-62-70(4,5)6)69-67(71)60-57-54-51-48-45-42-26-23-20-17-14-11-8-2/h19,22,28-29,31-32,42,45,56,59,65-66H,7-18,20-21,23-27,30,33-41,43-44,46-55,57-58,60-64H2,1-6H3,(H-,69,71,73,74)/p+1/b22-19-,29-28-,32-31-,45-42-,59-56-. The van der Waals surface area contributed by atoms with E-state index in [1.165, 1.54) is 193 Å². The highest BCUT2D eigenvalue weighted by atomic mass is 31.2. The minimum absolute atomic E-state index is 0.0375. The lowest BCUT2D eigenvalue weighted by molar-refractivity contribution is -0.870. The molecule has 456 valence electrons. The first-order valence-electron chi connectivity index (χ1n) is 33.1. The summed E-state index contributed by atoms with van der Waals surface area (Å²) < 4.78 is 30.7. The van der Waals surface area contributed by atoms with Crippen LogP contribution in [0.5, 0.6) is 0 Å². The van der Waals surface area contributed by atoms with E-state index in [2.05, 4.69) is 74.7 Å². The second-order valence-electron chi connectivity index (χ2n) is 23.6. The van der Waals surface area contributed by atoms with E-state index in [0.717, 1.165) is 83.5 Å². The molecule has 0 fully saturated rings. The summed E-state index contributed by atoms with van der Waals surface area (Å²) in [5.41, 5.74) is 0. The Kier molecular flexibility index (Phi) is 56.2. The molecular formula is C68H128N2O7P+. The number of likely N-dealkylation sites (N-methyl/N-ethyl adjacent to an activating group) is 1. The molecule has 3 atom stereocenters. The molecule has 0 aliphatic carbocycles. The number of unbranched alkanes of at least 4 members (excludes halogenated alkanes) is 36. The molecule has 0 radical (unpaired) electrons. The number of carbonyl (C=O) groups is 2. The normalized spacial score (nSPS) is 14.0. The second kappa shape index (κ2) is 57.9. The predicted molar refractivity (Wildman–Crippen MR) is 337 cm³/mol. The van der Waals surface area contributed by atoms with E-state index in [0.29, 0.717) is 17.4 Å². The molecular weight excluding hydrogens is 988 g/mol. The van der Waals surface area contributed by atoms with Crippen LogP contribution in [0.1, 0.15) is 310 Å². The van der Waals surface area contributed by atoms with Crippen molar-refractivity contribution in [3.8, 4) is 0 Å². The number of quaternary nitrogens is 1. The molecule has 3 unspecified atom stereocenters. The lowest BCUT2D eigenvalue weighted by Crippen LogP contribution is -2.47. The number of rotatable bonds is 60. The minimum Gasteiger partial charge on any atom is -0.456 e. The van der Waals surface area contributed by atoms with Gasteiger partial charge in [0.15, 0.2) is 0 Å². The van der Waals surface area contributed by atoms with Crippen LogP contribution < -0.4 is 5.32 Å². The molecule has 0 aromatic carbocycles. The fourth-order valence-corrected chi connectivity index (χ4v) is 10.3. The van der Waals surface area contributed by atoms with Gasteiger partial charge < -0.3 is 19.4 Å². The van der Waals surface area contributed by atoms with Crippen molar-refractivity contribution in [3.63, 3.8) is 0 Å². The summed E-state index contributed by atoms with van der Waals surface area (Å²) in [6.45, 7) is 6.99. The smallest absolute Gasteiger partial charge is 0.456 e. The number of nitrogens with zero attached hydrogens (tertiary/aromatic N) is 1. The lowest BCUT2D eigenvalue weighted by atomic mass is 10.0. The molecule has 78 heavy (non-hydrogen) atoms. The zero-order chi connectivity index (χ0) is 57.2. The van der Waals surface area contributed by atoms with Crippen LogP contribution in [0.4, 0.5) is 0 Å². The average Bonchev–Trinajstić information content (AvgIpc) is 3.40. The largest absolute Gasteiger partial charge is 0.472 e. The lowest BCUT2D eigenvalue weighted by Gasteiger charge is -2.27. The Balaban J connectivity index is 5.03. The van der Waals surface area contributed by atoms with Crippen LogP contribution in [-0.4, -0.2) is 74.3 Å². The average molecular weight is 1120 g/mol.